The normalized spacial score (nSPS) is 12.1. The molecule has 1 unspecified atom stereocenters. The van der Waals surface area contributed by atoms with Gasteiger partial charge in [0.15, 0.2) is 0 Å². The second kappa shape index (κ2) is 5.10. The van der Waals surface area contributed by atoms with Crippen molar-refractivity contribution in [2.75, 3.05) is 0 Å². The fourth-order valence-corrected chi connectivity index (χ4v) is 2.06. The molecule has 1 aromatic heterocycles. The van der Waals surface area contributed by atoms with Gasteiger partial charge in [-0.25, -0.2) is 0 Å². The molecule has 0 aliphatic heterocycles. The van der Waals surface area contributed by atoms with Crippen LogP contribution in [0.2, 0.25) is 0 Å². The molecule has 0 aliphatic rings. The first-order chi connectivity index (χ1) is 8.65. The van der Waals surface area contributed by atoms with Gasteiger partial charge in [0, 0.05) is 11.4 Å². The lowest BCUT2D eigenvalue weighted by atomic mass is 9.97. The van der Waals surface area contributed by atoms with Gasteiger partial charge in [-0.3, -0.25) is 0 Å². The highest BCUT2D eigenvalue weighted by atomic mass is 14.7. The summed E-state index contributed by atoms with van der Waals surface area (Å²) in [4.78, 5) is 3.25. The van der Waals surface area contributed by atoms with Gasteiger partial charge in [0.25, 0.3) is 0 Å². The Morgan fingerprint density at radius 1 is 1.28 bits per heavy atom. The van der Waals surface area contributed by atoms with Crippen LogP contribution in [0.4, 0.5) is 0 Å². The van der Waals surface area contributed by atoms with E-state index in [2.05, 4.69) is 49.2 Å². The average molecular weight is 238 g/mol. The van der Waals surface area contributed by atoms with E-state index in [-0.39, 0.29) is 0 Å². The molecule has 0 fully saturated rings. The summed E-state index contributed by atoms with van der Waals surface area (Å²) in [5.74, 6) is 0.596. The van der Waals surface area contributed by atoms with Crippen molar-refractivity contribution in [3.63, 3.8) is 0 Å². The molecule has 0 saturated heterocycles. The molecule has 2 nitrogen and oxygen atoms in total. The molecule has 18 heavy (non-hydrogen) atoms. The largest absolute Gasteiger partial charge is 0.358 e. The Morgan fingerprint density at radius 3 is 2.44 bits per heavy atom. The van der Waals surface area contributed by atoms with Gasteiger partial charge in [0.05, 0.1) is 5.56 Å². The highest BCUT2D eigenvalue weighted by molar-refractivity contribution is 5.63. The predicted molar refractivity (Wildman–Crippen MR) is 74.4 cm³/mol. The molecule has 0 bridgehead atoms. The summed E-state index contributed by atoms with van der Waals surface area (Å²) < 4.78 is 0. The second-order valence-corrected chi connectivity index (χ2v) is 4.76. The number of aromatic amines is 1. The van der Waals surface area contributed by atoms with Crippen molar-refractivity contribution in [2.45, 2.75) is 33.1 Å². The molecule has 0 amide bonds. The molecule has 0 radical (unpaired) electrons. The van der Waals surface area contributed by atoms with E-state index in [0.717, 1.165) is 28.9 Å². The number of hydrogen-bond donors (Lipinski definition) is 1. The fourth-order valence-electron chi connectivity index (χ4n) is 2.06. The summed E-state index contributed by atoms with van der Waals surface area (Å²) in [6.45, 7) is 6.36. The number of H-pyrrole nitrogens is 1. The highest BCUT2D eigenvalue weighted by Gasteiger charge is 2.07. The Balaban J connectivity index is 2.32. The minimum Gasteiger partial charge on any atom is -0.358 e. The third-order valence-electron chi connectivity index (χ3n) is 3.54. The topological polar surface area (TPSA) is 39.6 Å². The smallest absolute Gasteiger partial charge is 0.101 e. The molecule has 2 rings (SSSR count). The maximum Gasteiger partial charge on any atom is 0.101 e. The quantitative estimate of drug-likeness (QED) is 0.847. The molecule has 92 valence electrons. The van der Waals surface area contributed by atoms with Crippen molar-refractivity contribution >= 4 is 0 Å². The second-order valence-electron chi connectivity index (χ2n) is 4.76. The van der Waals surface area contributed by atoms with Crippen molar-refractivity contribution in [1.29, 1.82) is 5.26 Å². The minimum absolute atomic E-state index is 0.596. The Labute approximate surface area is 108 Å². The zero-order valence-electron chi connectivity index (χ0n) is 11.1. The highest BCUT2D eigenvalue weighted by Crippen LogP contribution is 2.25. The van der Waals surface area contributed by atoms with Crippen LogP contribution in [0.5, 0.6) is 0 Å². The molecule has 1 aromatic carbocycles. The van der Waals surface area contributed by atoms with Crippen LogP contribution in [0.25, 0.3) is 11.3 Å². The Hall–Kier alpha value is -2.01. The van der Waals surface area contributed by atoms with Gasteiger partial charge >= 0.3 is 0 Å². The van der Waals surface area contributed by atoms with Crippen molar-refractivity contribution in [3.05, 3.63) is 47.2 Å². The van der Waals surface area contributed by atoms with Gasteiger partial charge in [-0.15, -0.1) is 0 Å². The third-order valence-corrected chi connectivity index (χ3v) is 3.54. The molecule has 1 atom stereocenters. The maximum atomic E-state index is 8.96. The molecule has 0 spiro atoms. The molecule has 2 heteroatoms. The Morgan fingerprint density at radius 2 is 1.94 bits per heavy atom. The molecule has 0 saturated carbocycles. The van der Waals surface area contributed by atoms with Gasteiger partial charge < -0.3 is 4.98 Å². The molecular formula is C16H18N2. The Kier molecular flexibility index (Phi) is 3.53. The first-order valence-electron chi connectivity index (χ1n) is 6.35. The molecule has 1 N–H and O–H groups in total. The van der Waals surface area contributed by atoms with E-state index in [1.807, 2.05) is 13.0 Å². The number of rotatable bonds is 3. The van der Waals surface area contributed by atoms with E-state index in [1.165, 1.54) is 5.56 Å². The van der Waals surface area contributed by atoms with Crippen molar-refractivity contribution < 1.29 is 0 Å². The zero-order valence-corrected chi connectivity index (χ0v) is 11.1. The number of benzene rings is 1. The summed E-state index contributed by atoms with van der Waals surface area (Å²) in [6.07, 6.45) is 1.15. The molecular weight excluding hydrogens is 220 g/mol. The van der Waals surface area contributed by atoms with Crippen LogP contribution >= 0.6 is 0 Å². The zero-order chi connectivity index (χ0) is 13.1. The first kappa shape index (κ1) is 12.4. The van der Waals surface area contributed by atoms with E-state index >= 15 is 0 Å². The van der Waals surface area contributed by atoms with E-state index < -0.39 is 0 Å². The van der Waals surface area contributed by atoms with Crippen LogP contribution < -0.4 is 0 Å². The average Bonchev–Trinajstić information content (AvgIpc) is 2.79. The van der Waals surface area contributed by atoms with Crippen LogP contribution in [0.15, 0.2) is 30.3 Å². The Bertz CT molecular complexity index is 570. The SMILES string of the molecule is CCC(C)c1ccc(-c2cc(C#N)c(C)[nH]2)cc1. The van der Waals surface area contributed by atoms with Crippen LogP contribution in [0.3, 0.4) is 0 Å². The van der Waals surface area contributed by atoms with Crippen LogP contribution in [-0.4, -0.2) is 4.98 Å². The van der Waals surface area contributed by atoms with Gasteiger partial charge in [0.1, 0.15) is 6.07 Å². The molecule has 2 aromatic rings. The molecule has 1 heterocycles. The van der Waals surface area contributed by atoms with Crippen molar-refractivity contribution in [1.82, 2.24) is 4.98 Å². The number of aryl methyl sites for hydroxylation is 1. The van der Waals surface area contributed by atoms with Gasteiger partial charge in [-0.05, 0) is 36.5 Å². The minimum atomic E-state index is 0.596. The number of hydrogen-bond acceptors (Lipinski definition) is 1. The lowest BCUT2D eigenvalue weighted by Crippen LogP contribution is -1.90. The summed E-state index contributed by atoms with van der Waals surface area (Å²) >= 11 is 0. The maximum absolute atomic E-state index is 8.96. The summed E-state index contributed by atoms with van der Waals surface area (Å²) in [5.41, 5.74) is 5.16. The lowest BCUT2D eigenvalue weighted by Gasteiger charge is -2.09. The lowest BCUT2D eigenvalue weighted by molar-refractivity contribution is 0.734. The third kappa shape index (κ3) is 2.31. The number of nitrogens with one attached hydrogen (secondary N) is 1. The number of aromatic nitrogens is 1. The molecule has 0 aliphatic carbocycles. The van der Waals surface area contributed by atoms with E-state index in [1.54, 1.807) is 0 Å². The van der Waals surface area contributed by atoms with Crippen molar-refractivity contribution in [2.24, 2.45) is 0 Å². The summed E-state index contributed by atoms with van der Waals surface area (Å²) in [7, 11) is 0. The number of nitriles is 1. The van der Waals surface area contributed by atoms with Gasteiger partial charge in [-0.2, -0.15) is 5.26 Å². The standard InChI is InChI=1S/C16H18N2/c1-4-11(2)13-5-7-14(8-6-13)16-9-15(10-17)12(3)18-16/h5-9,11,18H,4H2,1-3H3. The van der Waals surface area contributed by atoms with Gasteiger partial charge in [-0.1, -0.05) is 38.1 Å². The summed E-state index contributed by atoms with van der Waals surface area (Å²) in [6, 6.07) is 12.7. The van der Waals surface area contributed by atoms with E-state index in [9.17, 15) is 0 Å². The monoisotopic (exact) mass is 238 g/mol. The van der Waals surface area contributed by atoms with E-state index in [4.69, 9.17) is 5.26 Å². The van der Waals surface area contributed by atoms with Crippen LogP contribution in [0.1, 0.15) is 43.0 Å². The van der Waals surface area contributed by atoms with Crippen LogP contribution in [-0.2, 0) is 0 Å². The predicted octanol–water partition coefficient (Wildman–Crippen LogP) is 4.38. The number of nitrogens with zero attached hydrogens (tertiary/aromatic N) is 1. The fraction of sp³-hybridized carbons (Fsp3) is 0.312. The van der Waals surface area contributed by atoms with Crippen molar-refractivity contribution in [3.8, 4) is 17.3 Å². The summed E-state index contributed by atoms with van der Waals surface area (Å²) in [5, 5.41) is 8.96. The van der Waals surface area contributed by atoms with Gasteiger partial charge in [0.2, 0.25) is 0 Å². The van der Waals surface area contributed by atoms with E-state index in [0.29, 0.717) is 5.92 Å². The first-order valence-corrected chi connectivity index (χ1v) is 6.35. The van der Waals surface area contributed by atoms with Crippen LogP contribution in [0, 0.1) is 18.3 Å².